The van der Waals surface area contributed by atoms with Crippen molar-refractivity contribution in [3.05, 3.63) is 6.07 Å². The summed E-state index contributed by atoms with van der Waals surface area (Å²) >= 11 is 0. The molecule has 4 rings (SSSR count). The second-order valence-corrected chi connectivity index (χ2v) is 8.30. The summed E-state index contributed by atoms with van der Waals surface area (Å²) in [5.74, 6) is -0.755. The van der Waals surface area contributed by atoms with Crippen molar-refractivity contribution in [3.63, 3.8) is 0 Å². The number of aromatic nitrogens is 2. The zero-order chi connectivity index (χ0) is 23.5. The third kappa shape index (κ3) is 3.14. The summed E-state index contributed by atoms with van der Waals surface area (Å²) < 4.78 is 5.62. The highest BCUT2D eigenvalue weighted by Gasteiger charge is 2.65. The van der Waals surface area contributed by atoms with E-state index in [4.69, 9.17) is 4.74 Å². The molecule has 5 N–H and O–H groups in total. The van der Waals surface area contributed by atoms with E-state index in [2.05, 4.69) is 10.2 Å². The van der Waals surface area contributed by atoms with Gasteiger partial charge in [0.05, 0.1) is 25.1 Å². The van der Waals surface area contributed by atoms with Gasteiger partial charge in [-0.15, -0.1) is 10.2 Å². The zero-order valence-corrected chi connectivity index (χ0v) is 17.7. The maximum Gasteiger partial charge on any atom is 0.332 e. The van der Waals surface area contributed by atoms with E-state index in [9.17, 15) is 35.1 Å². The maximum atomic E-state index is 12.9. The Balaban J connectivity index is 1.60. The number of fused-ring (bicyclic) bond motifs is 1. The number of carboxylic acids is 1. The standard InChI is InChI=1S/C18H26N6O8/c1-21-7-24(15-13(28)12(27)9(6-25)32-15)8-4-11(19-20-14(8)21)22(2)17(31)23(3)18(16(29)30)5-10(18)26/h4,9-10,12-13,15,25-28H,5-7H2,1-3H3,(H,29,30)/t9-,10+,12-,13-,15?,18-/m0/s1. The Bertz CT molecular complexity index is 935. The Kier molecular flexibility index (Phi) is 5.37. The van der Waals surface area contributed by atoms with Gasteiger partial charge in [0.25, 0.3) is 0 Å². The molecule has 0 bridgehead atoms. The summed E-state index contributed by atoms with van der Waals surface area (Å²) in [6.45, 7) is -0.224. The molecule has 3 aliphatic rings. The molecule has 176 valence electrons. The minimum atomic E-state index is -1.68. The number of carbonyl (C=O) groups excluding carboxylic acids is 1. The Morgan fingerprint density at radius 3 is 2.44 bits per heavy atom. The number of rotatable bonds is 5. The smallest absolute Gasteiger partial charge is 0.332 e. The number of aliphatic carboxylic acids is 1. The number of amides is 2. The SMILES string of the molecule is CN1CN(C2O[C@@H](CO)[C@H](O)[C@@H]2O)c2cc(N(C)C(=O)N(C)[C@@]3(C(=O)O)C[C@H]3O)nnc21. The van der Waals surface area contributed by atoms with Crippen LogP contribution >= 0.6 is 0 Å². The summed E-state index contributed by atoms with van der Waals surface area (Å²) in [6, 6.07) is 0.826. The van der Waals surface area contributed by atoms with Gasteiger partial charge in [-0.25, -0.2) is 9.59 Å². The maximum absolute atomic E-state index is 12.9. The summed E-state index contributed by atoms with van der Waals surface area (Å²) in [5.41, 5.74) is -1.21. The van der Waals surface area contributed by atoms with Crippen molar-refractivity contribution in [1.82, 2.24) is 15.1 Å². The van der Waals surface area contributed by atoms with Gasteiger partial charge in [0.15, 0.2) is 23.4 Å². The summed E-state index contributed by atoms with van der Waals surface area (Å²) in [4.78, 5) is 29.9. The predicted octanol–water partition coefficient (Wildman–Crippen LogP) is -2.79. The molecule has 0 spiro atoms. The summed E-state index contributed by atoms with van der Waals surface area (Å²) in [5, 5.41) is 57.3. The van der Waals surface area contributed by atoms with Gasteiger partial charge in [0, 0.05) is 33.6 Å². The summed E-state index contributed by atoms with van der Waals surface area (Å²) in [6.07, 6.45) is -5.72. The molecule has 1 aromatic heterocycles. The third-order valence-corrected chi connectivity index (χ3v) is 6.38. The number of hydrogen-bond acceptors (Lipinski definition) is 11. The minimum absolute atomic E-state index is 0.0713. The molecule has 1 saturated heterocycles. The molecule has 1 saturated carbocycles. The average molecular weight is 454 g/mol. The van der Waals surface area contributed by atoms with Crippen LogP contribution < -0.4 is 14.7 Å². The van der Waals surface area contributed by atoms with Gasteiger partial charge in [0.1, 0.15) is 18.3 Å². The monoisotopic (exact) mass is 454 g/mol. The number of likely N-dealkylation sites (N-methyl/N-ethyl adjacent to an activating group) is 1. The van der Waals surface area contributed by atoms with Crippen LogP contribution in [0.25, 0.3) is 0 Å². The quantitative estimate of drug-likeness (QED) is 0.309. The normalized spacial score (nSPS) is 33.3. The molecule has 0 aromatic carbocycles. The molecule has 0 radical (unpaired) electrons. The number of aliphatic hydroxyl groups excluding tert-OH is 4. The molecule has 1 unspecified atom stereocenters. The molecule has 2 aliphatic heterocycles. The fraction of sp³-hybridized carbons (Fsp3) is 0.667. The van der Waals surface area contributed by atoms with Crippen molar-refractivity contribution in [1.29, 1.82) is 0 Å². The lowest BCUT2D eigenvalue weighted by Crippen LogP contribution is -2.52. The molecule has 6 atom stereocenters. The van der Waals surface area contributed by atoms with Crippen LogP contribution in [0.3, 0.4) is 0 Å². The molecule has 14 nitrogen and oxygen atoms in total. The predicted molar refractivity (Wildman–Crippen MR) is 108 cm³/mol. The highest BCUT2D eigenvalue weighted by molar-refractivity contribution is 5.97. The van der Waals surface area contributed by atoms with Crippen LogP contribution in [-0.2, 0) is 9.53 Å². The van der Waals surface area contributed by atoms with Gasteiger partial charge in [-0.3, -0.25) is 4.90 Å². The van der Waals surface area contributed by atoms with Crippen molar-refractivity contribution >= 4 is 29.3 Å². The molecule has 2 fully saturated rings. The lowest BCUT2D eigenvalue weighted by atomic mass is 10.1. The first kappa shape index (κ1) is 22.4. The van der Waals surface area contributed by atoms with Crippen LogP contribution in [0.2, 0.25) is 0 Å². The number of ether oxygens (including phenoxy) is 1. The third-order valence-electron chi connectivity index (χ3n) is 6.38. The number of aliphatic hydroxyl groups is 4. The first-order valence-electron chi connectivity index (χ1n) is 9.95. The second kappa shape index (κ2) is 7.67. The van der Waals surface area contributed by atoms with Gasteiger partial charge >= 0.3 is 12.0 Å². The number of hydrogen-bond donors (Lipinski definition) is 5. The van der Waals surface area contributed by atoms with Crippen molar-refractivity contribution in [2.24, 2.45) is 0 Å². The Morgan fingerprint density at radius 1 is 1.25 bits per heavy atom. The highest BCUT2D eigenvalue weighted by Crippen LogP contribution is 2.43. The number of carbonyl (C=O) groups is 2. The Morgan fingerprint density at radius 2 is 1.91 bits per heavy atom. The average Bonchev–Trinajstić information content (AvgIpc) is 3.25. The van der Waals surface area contributed by atoms with Gasteiger partial charge in [-0.2, -0.15) is 0 Å². The van der Waals surface area contributed by atoms with Crippen molar-refractivity contribution < 1.29 is 39.9 Å². The van der Waals surface area contributed by atoms with E-state index in [1.807, 2.05) is 0 Å². The van der Waals surface area contributed by atoms with Crippen LogP contribution in [0.15, 0.2) is 6.07 Å². The number of nitrogens with zero attached hydrogens (tertiary/aromatic N) is 6. The van der Waals surface area contributed by atoms with Crippen molar-refractivity contribution in [2.75, 3.05) is 49.1 Å². The molecular formula is C18H26N6O8. The van der Waals surface area contributed by atoms with E-state index in [1.54, 1.807) is 16.8 Å². The second-order valence-electron chi connectivity index (χ2n) is 8.30. The van der Waals surface area contributed by atoms with E-state index in [0.29, 0.717) is 11.5 Å². The molecule has 14 heteroatoms. The fourth-order valence-corrected chi connectivity index (χ4v) is 4.20. The Hall–Kier alpha value is -2.78. The Labute approximate surface area is 182 Å². The van der Waals surface area contributed by atoms with Crippen LogP contribution in [0.1, 0.15) is 6.42 Å². The van der Waals surface area contributed by atoms with Crippen LogP contribution in [0, 0.1) is 0 Å². The molecule has 3 heterocycles. The van der Waals surface area contributed by atoms with Gasteiger partial charge in [0.2, 0.25) is 0 Å². The van der Waals surface area contributed by atoms with E-state index >= 15 is 0 Å². The lowest BCUT2D eigenvalue weighted by molar-refractivity contribution is -0.144. The first-order chi connectivity index (χ1) is 15.0. The van der Waals surface area contributed by atoms with Gasteiger partial charge in [-0.05, 0) is 0 Å². The van der Waals surface area contributed by atoms with E-state index < -0.39 is 54.8 Å². The van der Waals surface area contributed by atoms with E-state index in [-0.39, 0.29) is 18.9 Å². The van der Waals surface area contributed by atoms with E-state index in [0.717, 1.165) is 9.80 Å². The fourth-order valence-electron chi connectivity index (χ4n) is 4.20. The van der Waals surface area contributed by atoms with Crippen molar-refractivity contribution in [3.8, 4) is 0 Å². The molecular weight excluding hydrogens is 428 g/mol. The summed E-state index contributed by atoms with van der Waals surface area (Å²) in [7, 11) is 4.43. The first-order valence-corrected chi connectivity index (χ1v) is 9.95. The minimum Gasteiger partial charge on any atom is -0.479 e. The van der Waals surface area contributed by atoms with Crippen LogP contribution in [0.4, 0.5) is 22.1 Å². The van der Waals surface area contributed by atoms with Crippen LogP contribution in [-0.4, -0.2) is 123 Å². The van der Waals surface area contributed by atoms with Gasteiger partial charge in [-0.1, -0.05) is 0 Å². The number of anilines is 3. The van der Waals surface area contributed by atoms with E-state index in [1.165, 1.54) is 20.2 Å². The molecule has 1 aliphatic carbocycles. The van der Waals surface area contributed by atoms with Gasteiger partial charge < -0.3 is 45.0 Å². The zero-order valence-electron chi connectivity index (χ0n) is 17.7. The number of urea groups is 1. The molecule has 2 amide bonds. The topological polar surface area (TPSA) is 183 Å². The largest absolute Gasteiger partial charge is 0.479 e. The lowest BCUT2D eigenvalue weighted by Gasteiger charge is -2.30. The molecule has 1 aromatic rings. The van der Waals surface area contributed by atoms with Crippen LogP contribution in [0.5, 0.6) is 0 Å². The van der Waals surface area contributed by atoms with Crippen molar-refractivity contribution in [2.45, 2.75) is 42.6 Å². The number of carboxylic acid groups (broad SMARTS) is 1. The molecule has 32 heavy (non-hydrogen) atoms. The highest BCUT2D eigenvalue weighted by atomic mass is 16.6.